The fraction of sp³-hybridized carbons (Fsp3) is 0.316. The molecule has 7 nitrogen and oxygen atoms in total. The number of aryl methyl sites for hydroxylation is 1. The van der Waals surface area contributed by atoms with E-state index in [0.29, 0.717) is 31.7 Å². The number of anilines is 1. The number of aromatic nitrogens is 1. The van der Waals surface area contributed by atoms with Crippen LogP contribution in [0, 0.1) is 28.9 Å². The number of nitrogens with zero attached hydrogens (tertiary/aromatic N) is 3. The van der Waals surface area contributed by atoms with Gasteiger partial charge in [0.2, 0.25) is 5.82 Å². The van der Waals surface area contributed by atoms with Gasteiger partial charge >= 0.3 is 5.69 Å². The van der Waals surface area contributed by atoms with Crippen molar-refractivity contribution < 1.29 is 9.76 Å². The van der Waals surface area contributed by atoms with Crippen LogP contribution >= 0.6 is 11.3 Å². The molecule has 4 heterocycles. The number of hydrogen-bond acceptors (Lipinski definition) is 7. The number of rotatable bonds is 2. The molecule has 1 fully saturated rings. The van der Waals surface area contributed by atoms with Gasteiger partial charge in [-0.1, -0.05) is 6.07 Å². The molecule has 0 aliphatic carbocycles. The molecular weight excluding hydrogens is 364 g/mol. The second-order valence-corrected chi connectivity index (χ2v) is 7.54. The maximum Gasteiger partial charge on any atom is 0.311 e. The molecule has 1 N–H and O–H groups in total. The summed E-state index contributed by atoms with van der Waals surface area (Å²) in [5.41, 5.74) is 4.07. The minimum atomic E-state index is -0.422. The standard InChI is InChI=1S/C19H18N4O3S/c1-14-4-7-17(23(24)25)18(20-14)22-10-8-19(9-11-22)13-15(21-26-19)5-6-16-3-2-12-27-16/h2-4,7,12-13,21H,8-11H2,1H3. The summed E-state index contributed by atoms with van der Waals surface area (Å²) in [7, 11) is 0. The number of allylic oxidation sites excluding steroid dienone is 1. The second kappa shape index (κ2) is 7.02. The molecule has 0 radical (unpaired) electrons. The van der Waals surface area contributed by atoms with Crippen LogP contribution in [-0.2, 0) is 4.84 Å². The summed E-state index contributed by atoms with van der Waals surface area (Å²) in [5, 5.41) is 13.3. The van der Waals surface area contributed by atoms with Crippen LogP contribution < -0.4 is 10.4 Å². The molecule has 1 saturated heterocycles. The molecule has 4 rings (SSSR count). The molecule has 0 unspecified atom stereocenters. The zero-order valence-corrected chi connectivity index (χ0v) is 15.6. The summed E-state index contributed by atoms with van der Waals surface area (Å²) in [4.78, 5) is 24.1. The first kappa shape index (κ1) is 17.5. The van der Waals surface area contributed by atoms with Crippen molar-refractivity contribution >= 4 is 22.8 Å². The molecule has 8 heteroatoms. The van der Waals surface area contributed by atoms with Gasteiger partial charge in [-0.3, -0.25) is 20.4 Å². The Hall–Kier alpha value is -2.89. The molecule has 0 saturated carbocycles. The van der Waals surface area contributed by atoms with Crippen molar-refractivity contribution in [3.05, 3.63) is 62.1 Å². The lowest BCUT2D eigenvalue weighted by Gasteiger charge is -2.36. The Morgan fingerprint density at radius 3 is 2.85 bits per heavy atom. The lowest BCUT2D eigenvalue weighted by Crippen LogP contribution is -2.45. The van der Waals surface area contributed by atoms with Crippen molar-refractivity contribution in [2.75, 3.05) is 18.0 Å². The number of hydrogen-bond donors (Lipinski definition) is 1. The first-order valence-corrected chi connectivity index (χ1v) is 9.52. The number of thiophene rings is 1. The van der Waals surface area contributed by atoms with Crippen LogP contribution in [0.1, 0.15) is 23.4 Å². The van der Waals surface area contributed by atoms with Crippen LogP contribution in [0.4, 0.5) is 11.5 Å². The van der Waals surface area contributed by atoms with E-state index in [1.807, 2.05) is 35.4 Å². The van der Waals surface area contributed by atoms with Crippen LogP contribution in [0.3, 0.4) is 0 Å². The second-order valence-electron chi connectivity index (χ2n) is 6.59. The van der Waals surface area contributed by atoms with Gasteiger partial charge in [-0.05, 0) is 42.4 Å². The van der Waals surface area contributed by atoms with Crippen molar-refractivity contribution in [3.8, 4) is 11.8 Å². The summed E-state index contributed by atoms with van der Waals surface area (Å²) >= 11 is 1.60. The van der Waals surface area contributed by atoms with Crippen LogP contribution in [0.25, 0.3) is 0 Å². The van der Waals surface area contributed by atoms with Crippen LogP contribution in [-0.4, -0.2) is 28.6 Å². The average Bonchev–Trinajstić information content (AvgIpc) is 3.31. The maximum atomic E-state index is 11.3. The van der Waals surface area contributed by atoms with Crippen LogP contribution in [0.2, 0.25) is 0 Å². The average molecular weight is 382 g/mol. The van der Waals surface area contributed by atoms with Gasteiger partial charge in [0.15, 0.2) is 0 Å². The quantitative estimate of drug-likeness (QED) is 0.488. The Morgan fingerprint density at radius 2 is 2.15 bits per heavy atom. The minimum absolute atomic E-state index is 0.0417. The van der Waals surface area contributed by atoms with E-state index in [0.717, 1.165) is 16.3 Å². The fourth-order valence-corrected chi connectivity index (χ4v) is 3.84. The molecule has 2 aromatic rings. The normalized spacial score (nSPS) is 17.8. The lowest BCUT2D eigenvalue weighted by atomic mass is 9.91. The predicted octanol–water partition coefficient (Wildman–Crippen LogP) is 3.17. The van der Waals surface area contributed by atoms with E-state index in [1.54, 1.807) is 17.4 Å². The Balaban J connectivity index is 1.48. The molecule has 2 aliphatic heterocycles. The summed E-state index contributed by atoms with van der Waals surface area (Å²) < 4.78 is 0. The number of nitro groups is 1. The molecule has 2 aromatic heterocycles. The largest absolute Gasteiger partial charge is 0.351 e. The summed E-state index contributed by atoms with van der Waals surface area (Å²) in [6.45, 7) is 3.09. The van der Waals surface area contributed by atoms with Gasteiger partial charge in [0.1, 0.15) is 11.3 Å². The lowest BCUT2D eigenvalue weighted by molar-refractivity contribution is -0.384. The van der Waals surface area contributed by atoms with E-state index in [1.165, 1.54) is 6.07 Å². The monoisotopic (exact) mass is 382 g/mol. The number of piperidine rings is 1. The SMILES string of the molecule is Cc1ccc([N+](=O)[O-])c(N2CCC3(C=C(C#Cc4cccs4)NO3)CC2)n1. The van der Waals surface area contributed by atoms with Gasteiger partial charge in [-0.15, -0.1) is 11.3 Å². The molecule has 0 amide bonds. The number of hydroxylamine groups is 1. The Morgan fingerprint density at radius 1 is 1.33 bits per heavy atom. The van der Waals surface area contributed by atoms with Crippen molar-refractivity contribution in [1.82, 2.24) is 10.5 Å². The highest BCUT2D eigenvalue weighted by Crippen LogP contribution is 2.35. The maximum absolute atomic E-state index is 11.3. The molecule has 0 bridgehead atoms. The van der Waals surface area contributed by atoms with Crippen molar-refractivity contribution in [1.29, 1.82) is 0 Å². The molecule has 138 valence electrons. The Bertz CT molecular complexity index is 951. The third-order valence-corrected chi connectivity index (χ3v) is 5.50. The van der Waals surface area contributed by atoms with Crippen molar-refractivity contribution in [2.24, 2.45) is 0 Å². The topological polar surface area (TPSA) is 80.5 Å². The molecule has 1 spiro atoms. The predicted molar refractivity (Wildman–Crippen MR) is 103 cm³/mol. The first-order chi connectivity index (χ1) is 13.0. The van der Waals surface area contributed by atoms with Crippen molar-refractivity contribution in [2.45, 2.75) is 25.4 Å². The smallest absolute Gasteiger partial charge is 0.311 e. The fourth-order valence-electron chi connectivity index (χ4n) is 3.27. The van der Waals surface area contributed by atoms with E-state index in [2.05, 4.69) is 22.3 Å². The Kier molecular flexibility index (Phi) is 4.56. The van der Waals surface area contributed by atoms with E-state index in [-0.39, 0.29) is 10.6 Å². The third-order valence-electron chi connectivity index (χ3n) is 4.71. The minimum Gasteiger partial charge on any atom is -0.351 e. The van der Waals surface area contributed by atoms with E-state index in [9.17, 15) is 10.1 Å². The Labute approximate surface area is 160 Å². The van der Waals surface area contributed by atoms with Gasteiger partial charge in [0.25, 0.3) is 0 Å². The molecule has 0 aromatic carbocycles. The molecule has 0 atom stereocenters. The van der Waals surface area contributed by atoms with Crippen LogP contribution in [0.15, 0.2) is 41.4 Å². The van der Waals surface area contributed by atoms with Gasteiger partial charge in [0, 0.05) is 37.7 Å². The van der Waals surface area contributed by atoms with E-state index in [4.69, 9.17) is 4.84 Å². The highest BCUT2D eigenvalue weighted by atomic mass is 32.1. The first-order valence-electron chi connectivity index (χ1n) is 8.64. The molecule has 27 heavy (non-hydrogen) atoms. The van der Waals surface area contributed by atoms with E-state index >= 15 is 0 Å². The van der Waals surface area contributed by atoms with Gasteiger partial charge in [-0.25, -0.2) is 4.98 Å². The summed E-state index contributed by atoms with van der Waals surface area (Å²) in [6.07, 6.45) is 3.44. The molecular formula is C19H18N4O3S. The summed E-state index contributed by atoms with van der Waals surface area (Å²) in [6, 6.07) is 7.13. The highest BCUT2D eigenvalue weighted by Gasteiger charge is 2.39. The van der Waals surface area contributed by atoms with Gasteiger partial charge in [0.05, 0.1) is 9.80 Å². The summed E-state index contributed by atoms with van der Waals surface area (Å²) in [5.74, 6) is 6.64. The zero-order valence-electron chi connectivity index (χ0n) is 14.8. The number of pyridine rings is 1. The number of nitrogens with one attached hydrogen (secondary N) is 1. The third kappa shape index (κ3) is 3.65. The van der Waals surface area contributed by atoms with Crippen molar-refractivity contribution in [3.63, 3.8) is 0 Å². The van der Waals surface area contributed by atoms with Gasteiger partial charge < -0.3 is 4.90 Å². The van der Waals surface area contributed by atoms with Gasteiger partial charge in [-0.2, -0.15) is 0 Å². The molecule has 2 aliphatic rings. The van der Waals surface area contributed by atoms with Crippen LogP contribution in [0.5, 0.6) is 0 Å². The highest BCUT2D eigenvalue weighted by molar-refractivity contribution is 7.10. The van der Waals surface area contributed by atoms with E-state index < -0.39 is 5.60 Å². The zero-order chi connectivity index (χ0) is 18.9.